The molecule has 0 fully saturated rings. The van der Waals surface area contributed by atoms with Crippen molar-refractivity contribution in [2.45, 2.75) is 19.8 Å². The summed E-state index contributed by atoms with van der Waals surface area (Å²) in [7, 11) is 0. The number of hydrogen-bond donors (Lipinski definition) is 1. The minimum absolute atomic E-state index is 0.0121. The first-order valence-corrected chi connectivity index (χ1v) is 10.7. The van der Waals surface area contributed by atoms with Crippen molar-refractivity contribution < 1.29 is 19.1 Å². The van der Waals surface area contributed by atoms with E-state index in [0.717, 1.165) is 24.0 Å². The van der Waals surface area contributed by atoms with Gasteiger partial charge in [0.05, 0.1) is 5.69 Å². The van der Waals surface area contributed by atoms with Gasteiger partial charge in [-0.25, -0.2) is 0 Å². The molecule has 164 valence electrons. The molecule has 6 heteroatoms. The van der Waals surface area contributed by atoms with Crippen molar-refractivity contribution >= 4 is 23.2 Å². The average molecular weight is 431 g/mol. The molecule has 32 heavy (non-hydrogen) atoms. The van der Waals surface area contributed by atoms with Crippen LogP contribution in [0, 0.1) is 0 Å². The molecule has 0 saturated heterocycles. The smallest absolute Gasteiger partial charge is 0.265 e. The maximum absolute atomic E-state index is 12.5. The number of carbonyl (C=O) groups is 2. The number of carbonyl (C=O) groups excluding carboxylic acids is 2. The summed E-state index contributed by atoms with van der Waals surface area (Å²) < 4.78 is 11.2. The van der Waals surface area contributed by atoms with E-state index in [9.17, 15) is 9.59 Å². The lowest BCUT2D eigenvalue weighted by molar-refractivity contribution is -0.121. The van der Waals surface area contributed by atoms with Gasteiger partial charge >= 0.3 is 0 Å². The summed E-state index contributed by atoms with van der Waals surface area (Å²) in [6.07, 6.45) is 1.63. The van der Waals surface area contributed by atoms with Crippen LogP contribution in [0.5, 0.6) is 11.5 Å². The molecule has 1 aliphatic rings. The topological polar surface area (TPSA) is 67.9 Å². The Bertz CT molecular complexity index is 1100. The number of hydrogen-bond acceptors (Lipinski definition) is 4. The molecule has 3 aromatic carbocycles. The maximum Gasteiger partial charge on any atom is 0.265 e. The third-order valence-corrected chi connectivity index (χ3v) is 5.33. The van der Waals surface area contributed by atoms with E-state index in [2.05, 4.69) is 12.2 Å². The normalized spacial score (nSPS) is 12.7. The van der Waals surface area contributed by atoms with Crippen molar-refractivity contribution in [3.8, 4) is 11.5 Å². The summed E-state index contributed by atoms with van der Waals surface area (Å²) in [5, 5.41) is 2.84. The number of nitrogens with zero attached hydrogens (tertiary/aromatic N) is 1. The molecular weight excluding hydrogens is 404 g/mol. The number of ether oxygens (including phenoxy) is 2. The highest BCUT2D eigenvalue weighted by molar-refractivity contribution is 5.99. The molecule has 0 bridgehead atoms. The zero-order valence-corrected chi connectivity index (χ0v) is 18.0. The van der Waals surface area contributed by atoms with Crippen molar-refractivity contribution in [1.29, 1.82) is 0 Å². The first-order chi connectivity index (χ1) is 15.6. The van der Waals surface area contributed by atoms with Gasteiger partial charge in [0.15, 0.2) is 13.2 Å². The fraction of sp³-hybridized carbons (Fsp3) is 0.231. The van der Waals surface area contributed by atoms with Crippen LogP contribution in [0.4, 0.5) is 11.4 Å². The lowest BCUT2D eigenvalue weighted by Crippen LogP contribution is -2.40. The molecule has 0 aromatic heterocycles. The molecule has 0 saturated carbocycles. The van der Waals surface area contributed by atoms with Gasteiger partial charge in [0.25, 0.3) is 11.8 Å². The molecule has 0 unspecified atom stereocenters. The van der Waals surface area contributed by atoms with Crippen molar-refractivity contribution in [2.24, 2.45) is 0 Å². The molecule has 1 heterocycles. The van der Waals surface area contributed by atoms with Gasteiger partial charge in [-0.05, 0) is 54.3 Å². The van der Waals surface area contributed by atoms with Gasteiger partial charge in [0, 0.05) is 12.2 Å². The summed E-state index contributed by atoms with van der Waals surface area (Å²) in [5.41, 5.74) is 3.55. The number of anilines is 2. The monoisotopic (exact) mass is 430 g/mol. The second-order valence-corrected chi connectivity index (χ2v) is 7.59. The fourth-order valence-electron chi connectivity index (χ4n) is 3.61. The molecule has 4 rings (SSSR count). The Balaban J connectivity index is 1.41. The molecule has 0 atom stereocenters. The van der Waals surface area contributed by atoms with Crippen molar-refractivity contribution in [1.82, 2.24) is 0 Å². The molecular formula is C26H26N2O4. The Hall–Kier alpha value is -3.80. The first kappa shape index (κ1) is 21.4. The van der Waals surface area contributed by atoms with Gasteiger partial charge in [-0.2, -0.15) is 0 Å². The van der Waals surface area contributed by atoms with E-state index >= 15 is 0 Å². The van der Waals surface area contributed by atoms with Crippen LogP contribution in [0.2, 0.25) is 0 Å². The van der Waals surface area contributed by atoms with E-state index in [0.29, 0.717) is 29.4 Å². The molecule has 3 aromatic rings. The fourth-order valence-corrected chi connectivity index (χ4v) is 3.61. The van der Waals surface area contributed by atoms with Crippen molar-refractivity contribution in [3.63, 3.8) is 0 Å². The number of rotatable bonds is 8. The Kier molecular flexibility index (Phi) is 6.70. The van der Waals surface area contributed by atoms with E-state index in [-0.39, 0.29) is 25.0 Å². The number of benzene rings is 3. The third-order valence-electron chi connectivity index (χ3n) is 5.33. The van der Waals surface area contributed by atoms with Crippen LogP contribution in [-0.4, -0.2) is 31.6 Å². The minimum atomic E-state index is -0.272. The second-order valence-electron chi connectivity index (χ2n) is 7.59. The summed E-state index contributed by atoms with van der Waals surface area (Å²) in [6.45, 7) is 2.52. The Morgan fingerprint density at radius 3 is 2.66 bits per heavy atom. The van der Waals surface area contributed by atoms with Gasteiger partial charge < -0.3 is 19.7 Å². The lowest BCUT2D eigenvalue weighted by atomic mass is 10.1. The zero-order valence-electron chi connectivity index (χ0n) is 18.0. The van der Waals surface area contributed by atoms with Gasteiger partial charge in [-0.15, -0.1) is 0 Å². The van der Waals surface area contributed by atoms with Crippen LogP contribution < -0.4 is 19.7 Å². The minimum Gasteiger partial charge on any atom is -0.484 e. The van der Waals surface area contributed by atoms with Gasteiger partial charge in [-0.1, -0.05) is 49.4 Å². The molecule has 0 radical (unpaired) electrons. The molecule has 2 amide bonds. The van der Waals surface area contributed by atoms with Crippen LogP contribution in [0.1, 0.15) is 18.1 Å². The summed E-state index contributed by atoms with van der Waals surface area (Å²) in [6, 6.07) is 23.0. The van der Waals surface area contributed by atoms with Gasteiger partial charge in [0.1, 0.15) is 11.5 Å². The number of nitrogens with one attached hydrogen (secondary N) is 1. The average Bonchev–Trinajstić information content (AvgIpc) is 2.83. The van der Waals surface area contributed by atoms with Crippen LogP contribution in [0.15, 0.2) is 72.8 Å². The summed E-state index contributed by atoms with van der Waals surface area (Å²) in [4.78, 5) is 26.7. The number of aryl methyl sites for hydroxylation is 1. The Morgan fingerprint density at radius 1 is 1.03 bits per heavy atom. The van der Waals surface area contributed by atoms with E-state index in [1.807, 2.05) is 54.6 Å². The van der Waals surface area contributed by atoms with E-state index in [1.54, 1.807) is 23.1 Å². The van der Waals surface area contributed by atoms with Crippen molar-refractivity contribution in [2.75, 3.05) is 30.0 Å². The largest absolute Gasteiger partial charge is 0.484 e. The number of fused-ring (bicyclic) bond motifs is 1. The van der Waals surface area contributed by atoms with E-state index < -0.39 is 0 Å². The van der Waals surface area contributed by atoms with Crippen molar-refractivity contribution in [3.05, 3.63) is 83.9 Å². The lowest BCUT2D eigenvalue weighted by Gasteiger charge is -2.30. The standard InChI is InChI=1S/C26H26N2O4/c1-2-19-9-6-10-22(15-19)31-17-25(29)27-21-11-12-24-23(16-21)28(26(30)18-32-24)14-13-20-7-4-3-5-8-20/h3-12,15-16H,2,13-14,17-18H2,1H3,(H,27,29). The van der Waals surface area contributed by atoms with Crippen LogP contribution >= 0.6 is 0 Å². The maximum atomic E-state index is 12.5. The summed E-state index contributed by atoms with van der Waals surface area (Å²) >= 11 is 0. The van der Waals surface area contributed by atoms with Crippen LogP contribution in [0.25, 0.3) is 0 Å². The predicted octanol–water partition coefficient (Wildman–Crippen LogP) is 4.23. The molecule has 0 aliphatic carbocycles. The molecule has 1 aliphatic heterocycles. The highest BCUT2D eigenvalue weighted by Crippen LogP contribution is 2.34. The summed E-state index contributed by atoms with van der Waals surface area (Å²) in [5.74, 6) is 0.918. The first-order valence-electron chi connectivity index (χ1n) is 10.7. The second kappa shape index (κ2) is 10.0. The Morgan fingerprint density at radius 2 is 1.84 bits per heavy atom. The Labute approximate surface area is 187 Å². The number of amides is 2. The van der Waals surface area contributed by atoms with Gasteiger partial charge in [0.2, 0.25) is 0 Å². The highest BCUT2D eigenvalue weighted by atomic mass is 16.5. The third kappa shape index (κ3) is 5.27. The van der Waals surface area contributed by atoms with Gasteiger partial charge in [-0.3, -0.25) is 9.59 Å². The molecule has 0 spiro atoms. The van der Waals surface area contributed by atoms with Crippen LogP contribution in [0.3, 0.4) is 0 Å². The predicted molar refractivity (Wildman–Crippen MR) is 124 cm³/mol. The molecule has 6 nitrogen and oxygen atoms in total. The highest BCUT2D eigenvalue weighted by Gasteiger charge is 2.25. The van der Waals surface area contributed by atoms with E-state index in [1.165, 1.54) is 0 Å². The van der Waals surface area contributed by atoms with Crippen LogP contribution in [-0.2, 0) is 22.4 Å². The quantitative estimate of drug-likeness (QED) is 0.581. The van der Waals surface area contributed by atoms with E-state index in [4.69, 9.17) is 9.47 Å². The molecule has 1 N–H and O–H groups in total. The zero-order chi connectivity index (χ0) is 22.3. The SMILES string of the molecule is CCc1cccc(OCC(=O)Nc2ccc3c(c2)N(CCc2ccccc2)C(=O)CO3)c1.